The van der Waals surface area contributed by atoms with Crippen molar-refractivity contribution in [3.63, 3.8) is 0 Å². The Morgan fingerprint density at radius 1 is 1.00 bits per heavy atom. The summed E-state index contributed by atoms with van der Waals surface area (Å²) in [6, 6.07) is 22.1. The number of halogens is 1. The molecule has 5 rings (SSSR count). The highest BCUT2D eigenvalue weighted by Gasteiger charge is 2.31. The van der Waals surface area contributed by atoms with Gasteiger partial charge in [0, 0.05) is 42.3 Å². The molecule has 1 aliphatic heterocycles. The molecule has 36 heavy (non-hydrogen) atoms. The molecular formula is C27H25ClN4O3S. The fraction of sp³-hybridized carbons (Fsp3) is 0.185. The van der Waals surface area contributed by atoms with Gasteiger partial charge in [0.15, 0.2) is 0 Å². The number of fused-ring (bicyclic) bond motifs is 1. The van der Waals surface area contributed by atoms with Gasteiger partial charge in [-0.25, -0.2) is 4.98 Å². The van der Waals surface area contributed by atoms with Crippen LogP contribution in [0.1, 0.15) is 22.3 Å². The maximum Gasteiger partial charge on any atom is 0.303 e. The van der Waals surface area contributed by atoms with Crippen LogP contribution in [0.5, 0.6) is 0 Å². The molecule has 4 aromatic rings. The Morgan fingerprint density at radius 3 is 2.61 bits per heavy atom. The number of benzene rings is 3. The largest absolute Gasteiger partial charge is 0.322 e. The lowest BCUT2D eigenvalue weighted by Crippen LogP contribution is -2.48. The fourth-order valence-corrected chi connectivity index (χ4v) is 6.02. The first kappa shape index (κ1) is 24.2. The quantitative estimate of drug-likeness (QED) is 0.385. The number of nitrogens with zero attached hydrogens (tertiary/aromatic N) is 3. The predicted octanol–water partition coefficient (Wildman–Crippen LogP) is 5.50. The summed E-state index contributed by atoms with van der Waals surface area (Å²) >= 11 is 6.48. The summed E-state index contributed by atoms with van der Waals surface area (Å²) in [6.45, 7) is 2.70. The molecule has 1 aromatic heterocycles. The maximum atomic E-state index is 13.1. The summed E-state index contributed by atoms with van der Waals surface area (Å²) in [7, 11) is -1.98. The van der Waals surface area contributed by atoms with Crippen molar-refractivity contribution in [2.75, 3.05) is 29.8 Å². The van der Waals surface area contributed by atoms with E-state index >= 15 is 0 Å². The van der Waals surface area contributed by atoms with Crippen LogP contribution in [-0.4, -0.2) is 43.8 Å². The number of amides is 1. The molecule has 0 radical (unpaired) electrons. The van der Waals surface area contributed by atoms with Gasteiger partial charge in [0.2, 0.25) is 0 Å². The second-order valence-corrected chi connectivity index (χ2v) is 11.2. The third-order valence-corrected chi connectivity index (χ3v) is 8.60. The average molecular weight is 521 g/mol. The summed E-state index contributed by atoms with van der Waals surface area (Å²) in [4.78, 5) is 17.8. The average Bonchev–Trinajstić information content (AvgIpc) is 2.86. The molecule has 184 valence electrons. The minimum Gasteiger partial charge on any atom is -0.322 e. The molecule has 0 aliphatic carbocycles. The molecule has 2 heterocycles. The number of nitrogens with one attached hydrogen (secondary N) is 1. The van der Waals surface area contributed by atoms with Gasteiger partial charge in [0.1, 0.15) is 0 Å². The van der Waals surface area contributed by atoms with Crippen molar-refractivity contribution in [3.05, 3.63) is 88.9 Å². The Bertz CT molecular complexity index is 1590. The van der Waals surface area contributed by atoms with E-state index in [0.717, 1.165) is 17.3 Å². The number of hydrogen-bond donors (Lipinski definition) is 1. The topological polar surface area (TPSA) is 82.6 Å². The number of hydrogen-bond acceptors (Lipinski definition) is 4. The second-order valence-electron chi connectivity index (χ2n) is 8.79. The summed E-state index contributed by atoms with van der Waals surface area (Å²) in [5.74, 6) is -0.294. The number of carbonyl (C=O) groups excluding carboxylic acids is 1. The van der Waals surface area contributed by atoms with E-state index in [0.29, 0.717) is 51.9 Å². The third-order valence-electron chi connectivity index (χ3n) is 6.35. The molecule has 0 bridgehead atoms. The summed E-state index contributed by atoms with van der Waals surface area (Å²) in [5.41, 5.74) is 4.55. The highest BCUT2D eigenvalue weighted by atomic mass is 35.5. The number of rotatable bonds is 4. The first-order valence-electron chi connectivity index (χ1n) is 11.6. The first-order chi connectivity index (χ1) is 17.2. The van der Waals surface area contributed by atoms with E-state index in [2.05, 4.69) is 5.32 Å². The summed E-state index contributed by atoms with van der Waals surface area (Å²) in [6.07, 6.45) is 0.738. The van der Waals surface area contributed by atoms with Crippen LogP contribution in [0.15, 0.2) is 72.8 Å². The van der Waals surface area contributed by atoms with E-state index < -0.39 is 10.2 Å². The Balaban J connectivity index is 1.40. The summed E-state index contributed by atoms with van der Waals surface area (Å²) in [5, 5.41) is 4.49. The summed E-state index contributed by atoms with van der Waals surface area (Å²) < 4.78 is 28.1. The molecular weight excluding hydrogens is 496 g/mol. The molecule has 3 aromatic carbocycles. The van der Waals surface area contributed by atoms with Crippen LogP contribution < -0.4 is 9.62 Å². The highest BCUT2D eigenvalue weighted by molar-refractivity contribution is 7.90. The van der Waals surface area contributed by atoms with Gasteiger partial charge in [0.05, 0.1) is 21.9 Å². The zero-order valence-electron chi connectivity index (χ0n) is 19.9. The Morgan fingerprint density at radius 2 is 1.81 bits per heavy atom. The van der Waals surface area contributed by atoms with Crippen molar-refractivity contribution < 1.29 is 13.2 Å². The maximum absolute atomic E-state index is 13.1. The van der Waals surface area contributed by atoms with Crippen molar-refractivity contribution in [1.29, 1.82) is 0 Å². The fourth-order valence-electron chi connectivity index (χ4n) is 4.37. The van der Waals surface area contributed by atoms with Gasteiger partial charge in [-0.1, -0.05) is 35.9 Å². The van der Waals surface area contributed by atoms with E-state index in [-0.39, 0.29) is 5.91 Å². The smallest absolute Gasteiger partial charge is 0.303 e. The molecule has 0 atom stereocenters. The lowest BCUT2D eigenvalue weighted by Gasteiger charge is -2.34. The van der Waals surface area contributed by atoms with E-state index in [1.807, 2.05) is 36.4 Å². The van der Waals surface area contributed by atoms with Gasteiger partial charge < -0.3 is 5.32 Å². The lowest BCUT2D eigenvalue weighted by atomic mass is 10.1. The van der Waals surface area contributed by atoms with Gasteiger partial charge in [0.25, 0.3) is 5.91 Å². The van der Waals surface area contributed by atoms with Crippen molar-refractivity contribution in [3.8, 4) is 11.3 Å². The molecule has 1 aliphatic rings. The van der Waals surface area contributed by atoms with Crippen LogP contribution in [0.4, 0.5) is 11.4 Å². The van der Waals surface area contributed by atoms with Crippen molar-refractivity contribution in [2.45, 2.75) is 13.3 Å². The van der Waals surface area contributed by atoms with Crippen molar-refractivity contribution in [1.82, 2.24) is 9.29 Å². The predicted molar refractivity (Wildman–Crippen MR) is 145 cm³/mol. The van der Waals surface area contributed by atoms with Gasteiger partial charge in [-0.05, 0) is 67.4 Å². The molecule has 1 saturated heterocycles. The van der Waals surface area contributed by atoms with Crippen LogP contribution in [0.2, 0.25) is 5.02 Å². The van der Waals surface area contributed by atoms with Crippen LogP contribution in [0, 0.1) is 6.92 Å². The van der Waals surface area contributed by atoms with Gasteiger partial charge in [-0.15, -0.1) is 0 Å². The third kappa shape index (κ3) is 4.55. The van der Waals surface area contributed by atoms with Crippen molar-refractivity contribution >= 4 is 50.0 Å². The molecule has 9 heteroatoms. The van der Waals surface area contributed by atoms with Crippen LogP contribution in [0.25, 0.3) is 22.2 Å². The Kier molecular flexibility index (Phi) is 6.42. The zero-order chi connectivity index (χ0) is 25.4. The standard InChI is InChI=1S/C27H25ClN4O3S/c1-18-16-21(32-15-5-14-31(2)36(32,34)35)10-11-22(18)27(33)29-20-9-12-24(28)23(17-20)26-13-8-19-6-3-4-7-25(19)30-26/h3-4,6-13,16-17H,5,14-15H2,1-2H3,(H,29,33). The normalized spacial score (nSPS) is 15.7. The van der Waals surface area contributed by atoms with Crippen LogP contribution >= 0.6 is 11.6 Å². The zero-order valence-corrected chi connectivity index (χ0v) is 21.5. The second kappa shape index (κ2) is 9.54. The monoisotopic (exact) mass is 520 g/mol. The number of aromatic nitrogens is 1. The van der Waals surface area contributed by atoms with Crippen molar-refractivity contribution in [2.24, 2.45) is 0 Å². The number of para-hydroxylation sites is 1. The van der Waals surface area contributed by atoms with Crippen LogP contribution in [0.3, 0.4) is 0 Å². The van der Waals surface area contributed by atoms with E-state index in [1.54, 1.807) is 50.4 Å². The molecule has 0 spiro atoms. The number of anilines is 2. The van der Waals surface area contributed by atoms with E-state index in [1.165, 1.54) is 8.61 Å². The van der Waals surface area contributed by atoms with Crippen LogP contribution in [-0.2, 0) is 10.2 Å². The Hall–Kier alpha value is -3.46. The van der Waals surface area contributed by atoms with Gasteiger partial charge in [-0.2, -0.15) is 12.7 Å². The minimum absolute atomic E-state index is 0.294. The molecule has 0 unspecified atom stereocenters. The molecule has 1 N–H and O–H groups in total. The first-order valence-corrected chi connectivity index (χ1v) is 13.3. The minimum atomic E-state index is -3.56. The number of carbonyl (C=O) groups is 1. The molecule has 7 nitrogen and oxygen atoms in total. The van der Waals surface area contributed by atoms with E-state index in [4.69, 9.17) is 16.6 Å². The van der Waals surface area contributed by atoms with Gasteiger partial charge in [-0.3, -0.25) is 9.10 Å². The highest BCUT2D eigenvalue weighted by Crippen LogP contribution is 2.31. The SMILES string of the molecule is Cc1cc(N2CCCN(C)S2(=O)=O)ccc1C(=O)Nc1ccc(Cl)c(-c2ccc3ccccc3n2)c1. The molecule has 0 saturated carbocycles. The molecule has 1 amide bonds. The lowest BCUT2D eigenvalue weighted by molar-refractivity contribution is 0.102. The number of pyridine rings is 1. The van der Waals surface area contributed by atoms with E-state index in [9.17, 15) is 13.2 Å². The number of aryl methyl sites for hydroxylation is 1. The molecule has 1 fully saturated rings. The Labute approximate surface area is 215 Å². The van der Waals surface area contributed by atoms with Gasteiger partial charge >= 0.3 is 10.2 Å².